The molecule has 0 saturated carbocycles. The molecular formula is C13H16ClFN4O2S. The van der Waals surface area contributed by atoms with Gasteiger partial charge < -0.3 is 23.5 Å². The molecule has 0 spiro atoms. The summed E-state index contributed by atoms with van der Waals surface area (Å²) in [5, 5.41) is 3.08. The van der Waals surface area contributed by atoms with Crippen LogP contribution in [-0.4, -0.2) is 14.7 Å². The predicted molar refractivity (Wildman–Crippen MR) is 79.6 cm³/mol. The van der Waals surface area contributed by atoms with Crippen molar-refractivity contribution >= 4 is 27.3 Å². The fourth-order valence-corrected chi connectivity index (χ4v) is 2.28. The topological polar surface area (TPSA) is 98.4 Å². The van der Waals surface area contributed by atoms with E-state index in [0.29, 0.717) is 12.4 Å². The van der Waals surface area contributed by atoms with E-state index in [-0.39, 0.29) is 29.7 Å². The summed E-state index contributed by atoms with van der Waals surface area (Å²) in [6.07, 6.45) is 1.05. The smallest absolute Gasteiger partial charge is 0.241 e. The maximum atomic E-state index is 12.8. The number of nitrogens with two attached hydrogens (primary N) is 1. The highest BCUT2D eigenvalue weighted by molar-refractivity contribution is 7.92. The molecule has 0 aliphatic rings. The number of sulfonamides is 1. The Bertz CT molecular complexity index is 738. The number of nitrogen functional groups attached to an aromatic ring is 1. The number of aromatic amines is 1. The third kappa shape index (κ3) is 5.38. The van der Waals surface area contributed by atoms with Crippen LogP contribution in [0.15, 0.2) is 36.4 Å². The molecule has 1 aromatic carbocycles. The Morgan fingerprint density at radius 3 is 2.36 bits per heavy atom. The zero-order chi connectivity index (χ0) is 15.5. The van der Waals surface area contributed by atoms with Crippen molar-refractivity contribution in [3.05, 3.63) is 47.8 Å². The zero-order valence-corrected chi connectivity index (χ0v) is 13.3. The van der Waals surface area contributed by atoms with Gasteiger partial charge in [-0.3, -0.25) is 4.72 Å². The van der Waals surface area contributed by atoms with Gasteiger partial charge in [0.2, 0.25) is 21.7 Å². The average Bonchev–Trinajstić information content (AvgIpc) is 2.40. The second-order valence-corrected chi connectivity index (χ2v) is 6.30. The Kier molecular flexibility index (Phi) is 5.95. The van der Waals surface area contributed by atoms with Gasteiger partial charge in [-0.05, 0) is 23.8 Å². The Morgan fingerprint density at radius 1 is 1.18 bits per heavy atom. The lowest BCUT2D eigenvalue weighted by atomic mass is 10.2. The van der Waals surface area contributed by atoms with E-state index >= 15 is 0 Å². The van der Waals surface area contributed by atoms with Gasteiger partial charge in [0.15, 0.2) is 0 Å². The lowest BCUT2D eigenvalue weighted by Crippen LogP contribution is -3.00. The summed E-state index contributed by atoms with van der Waals surface area (Å²) < 4.78 is 37.4. The molecule has 2 rings (SSSR count). The third-order valence-corrected chi connectivity index (χ3v) is 3.26. The van der Waals surface area contributed by atoms with Gasteiger partial charge in [-0.1, -0.05) is 12.1 Å². The molecule has 1 aromatic heterocycles. The molecular weight excluding hydrogens is 331 g/mol. The molecule has 5 N–H and O–H groups in total. The van der Waals surface area contributed by atoms with Gasteiger partial charge in [0.05, 0.1) is 12.8 Å². The first-order chi connectivity index (χ1) is 9.83. The van der Waals surface area contributed by atoms with E-state index in [1.165, 1.54) is 12.1 Å². The Balaban J connectivity index is 0.00000242. The summed E-state index contributed by atoms with van der Waals surface area (Å²) in [6, 6.07) is 9.33. The summed E-state index contributed by atoms with van der Waals surface area (Å²) >= 11 is 0. The summed E-state index contributed by atoms with van der Waals surface area (Å²) in [7, 11) is -3.38. The van der Waals surface area contributed by atoms with Crippen molar-refractivity contribution in [2.24, 2.45) is 0 Å². The first kappa shape index (κ1) is 18.0. The number of rotatable bonds is 5. The summed E-state index contributed by atoms with van der Waals surface area (Å²) in [6.45, 7) is 0.481. The van der Waals surface area contributed by atoms with Crippen molar-refractivity contribution < 1.29 is 30.2 Å². The highest BCUT2D eigenvalue weighted by Crippen LogP contribution is 2.16. The molecule has 0 atom stereocenters. The van der Waals surface area contributed by atoms with Crippen LogP contribution >= 0.6 is 0 Å². The average molecular weight is 347 g/mol. The van der Waals surface area contributed by atoms with Gasteiger partial charge in [-0.15, -0.1) is 0 Å². The normalized spacial score (nSPS) is 10.6. The van der Waals surface area contributed by atoms with Crippen LogP contribution in [0.4, 0.5) is 21.7 Å². The van der Waals surface area contributed by atoms with E-state index in [4.69, 9.17) is 5.73 Å². The maximum Gasteiger partial charge on any atom is 0.241 e. The lowest BCUT2D eigenvalue weighted by molar-refractivity contribution is -0.342. The number of anilines is 3. The van der Waals surface area contributed by atoms with Crippen LogP contribution in [0, 0.1) is 5.82 Å². The number of aromatic nitrogens is 1. The van der Waals surface area contributed by atoms with E-state index in [1.807, 2.05) is 0 Å². The van der Waals surface area contributed by atoms with Crippen LogP contribution in [-0.2, 0) is 16.6 Å². The third-order valence-electron chi connectivity index (χ3n) is 2.67. The van der Waals surface area contributed by atoms with Crippen LogP contribution in [0.3, 0.4) is 0 Å². The Hall–Kier alpha value is -2.06. The minimum Gasteiger partial charge on any atom is -1.00 e. The number of halogens is 2. The van der Waals surface area contributed by atoms with Crippen molar-refractivity contribution in [3.8, 4) is 0 Å². The molecule has 9 heteroatoms. The summed E-state index contributed by atoms with van der Waals surface area (Å²) in [5.74, 6) is 0.533. The molecule has 0 unspecified atom stereocenters. The first-order valence-corrected chi connectivity index (χ1v) is 8.00. The van der Waals surface area contributed by atoms with Crippen LogP contribution in [0.1, 0.15) is 5.56 Å². The molecule has 6 nitrogen and oxygen atoms in total. The quantitative estimate of drug-likeness (QED) is 0.595. The second kappa shape index (κ2) is 7.28. The highest BCUT2D eigenvalue weighted by atomic mass is 35.5. The molecule has 0 fully saturated rings. The number of benzene rings is 1. The van der Waals surface area contributed by atoms with Crippen LogP contribution < -0.4 is 33.2 Å². The zero-order valence-electron chi connectivity index (χ0n) is 11.7. The van der Waals surface area contributed by atoms with Gasteiger partial charge in [0.25, 0.3) is 0 Å². The van der Waals surface area contributed by atoms with Crippen molar-refractivity contribution in [1.82, 2.24) is 0 Å². The van der Waals surface area contributed by atoms with Gasteiger partial charge in [0, 0.05) is 6.07 Å². The molecule has 0 radical (unpaired) electrons. The minimum atomic E-state index is -3.38. The molecule has 0 bridgehead atoms. The van der Waals surface area contributed by atoms with Crippen molar-refractivity contribution in [2.75, 3.05) is 22.0 Å². The maximum absolute atomic E-state index is 12.8. The molecule has 120 valence electrons. The number of pyridine rings is 1. The molecule has 0 aliphatic heterocycles. The van der Waals surface area contributed by atoms with Gasteiger partial charge >= 0.3 is 0 Å². The fourth-order valence-electron chi connectivity index (χ4n) is 1.70. The number of hydrogen-bond donors (Lipinski definition) is 3. The second-order valence-electron chi connectivity index (χ2n) is 4.55. The highest BCUT2D eigenvalue weighted by Gasteiger charge is 2.10. The molecule has 2 aromatic rings. The Morgan fingerprint density at radius 2 is 1.82 bits per heavy atom. The SMILES string of the molecule is CS(=O)(=O)Nc1ccc(NCc2ccc(F)cc2)[nH+]c1N.[Cl-]. The summed E-state index contributed by atoms with van der Waals surface area (Å²) in [5.41, 5.74) is 6.93. The van der Waals surface area contributed by atoms with Gasteiger partial charge in [-0.25, -0.2) is 17.8 Å². The van der Waals surface area contributed by atoms with Crippen molar-refractivity contribution in [3.63, 3.8) is 0 Å². The number of H-pyrrole nitrogens is 1. The standard InChI is InChI=1S/C13H15FN4O2S.ClH/c1-21(19,20)18-11-6-7-12(17-13(11)15)16-8-9-2-4-10(14)5-3-9;/h2-7,18H,8H2,1H3,(H3,15,16,17);1H. The monoisotopic (exact) mass is 346 g/mol. The molecule has 0 aliphatic carbocycles. The number of hydrogen-bond acceptors (Lipinski definition) is 4. The molecule has 1 heterocycles. The van der Waals surface area contributed by atoms with Gasteiger partial charge in [-0.2, -0.15) is 0 Å². The predicted octanol–water partition coefficient (Wildman–Crippen LogP) is -1.79. The van der Waals surface area contributed by atoms with Crippen LogP contribution in [0.25, 0.3) is 0 Å². The van der Waals surface area contributed by atoms with E-state index < -0.39 is 10.0 Å². The molecule has 0 amide bonds. The van der Waals surface area contributed by atoms with Crippen LogP contribution in [0.5, 0.6) is 0 Å². The first-order valence-electron chi connectivity index (χ1n) is 6.11. The fraction of sp³-hybridized carbons (Fsp3) is 0.154. The summed E-state index contributed by atoms with van der Waals surface area (Å²) in [4.78, 5) is 2.85. The van der Waals surface area contributed by atoms with Crippen molar-refractivity contribution in [2.45, 2.75) is 6.54 Å². The lowest BCUT2D eigenvalue weighted by Gasteiger charge is -2.06. The largest absolute Gasteiger partial charge is 1.00 e. The molecule has 0 saturated heterocycles. The van der Waals surface area contributed by atoms with E-state index in [1.54, 1.807) is 24.3 Å². The van der Waals surface area contributed by atoms with E-state index in [2.05, 4.69) is 15.0 Å². The van der Waals surface area contributed by atoms with Crippen molar-refractivity contribution in [1.29, 1.82) is 0 Å². The number of nitrogens with one attached hydrogen (secondary N) is 3. The van der Waals surface area contributed by atoms with E-state index in [9.17, 15) is 12.8 Å². The van der Waals surface area contributed by atoms with Crippen LogP contribution in [0.2, 0.25) is 0 Å². The van der Waals surface area contributed by atoms with Gasteiger partial charge in [0.1, 0.15) is 11.5 Å². The molecule has 22 heavy (non-hydrogen) atoms. The van der Waals surface area contributed by atoms with E-state index in [0.717, 1.165) is 11.8 Å². The minimum absolute atomic E-state index is 0. The Labute approximate surface area is 134 Å².